The van der Waals surface area contributed by atoms with Crippen LogP contribution < -0.4 is 34.0 Å². The smallest absolute Gasteiger partial charge is 0.332 e. The number of halogens is 6. The Morgan fingerprint density at radius 3 is 0.809 bits per heavy atom. The van der Waals surface area contributed by atoms with E-state index in [9.17, 15) is 13.7 Å². The Morgan fingerprint density at radius 1 is 0.374 bits per heavy atom. The summed E-state index contributed by atoms with van der Waals surface area (Å²) in [7, 11) is 0.592. The zero-order valence-corrected chi connectivity index (χ0v) is 82.3. The third-order valence-electron chi connectivity index (χ3n) is 9.19. The summed E-state index contributed by atoms with van der Waals surface area (Å²) >= 11 is 13.3. The van der Waals surface area contributed by atoms with Gasteiger partial charge in [0.25, 0.3) is 0 Å². The molecule has 0 saturated heterocycles. The van der Waals surface area contributed by atoms with Gasteiger partial charge in [-0.2, -0.15) is 0 Å². The number of alkyl halides is 3. The molecule has 0 saturated carbocycles. The molecule has 0 bridgehead atoms. The van der Waals surface area contributed by atoms with Gasteiger partial charge in [-0.1, -0.05) is 79.3 Å². The maximum atomic E-state index is 12.5. The molecule has 0 aliphatic heterocycles. The number of hydrogen-bond donors (Lipinski definition) is 2. The Bertz CT molecular complexity index is 4800. The Balaban J connectivity index is -0.000000176. The van der Waals surface area contributed by atoms with Crippen molar-refractivity contribution in [3.63, 3.8) is 0 Å². The summed E-state index contributed by atoms with van der Waals surface area (Å²) in [5, 5.41) is 3.05. The summed E-state index contributed by atoms with van der Waals surface area (Å²) in [6.45, 7) is 26.0. The molecule has 0 fully saturated rings. The second kappa shape index (κ2) is 95.1. The van der Waals surface area contributed by atoms with E-state index < -0.39 is 38.1 Å². The van der Waals surface area contributed by atoms with E-state index in [0.717, 1.165) is 22.4 Å². The zero-order valence-electron chi connectivity index (χ0n) is 68.2. The van der Waals surface area contributed by atoms with Gasteiger partial charge < -0.3 is 75.4 Å². The minimum Gasteiger partial charge on any atom is -1.00 e. The van der Waals surface area contributed by atoms with E-state index in [1.807, 2.05) is 81.8 Å². The third-order valence-corrected chi connectivity index (χ3v) is 17.5. The van der Waals surface area contributed by atoms with Crippen molar-refractivity contribution in [3.8, 4) is 309 Å². The average Bonchev–Trinajstić information content (AvgIpc) is 0.895. The van der Waals surface area contributed by atoms with Crippen molar-refractivity contribution in [1.82, 2.24) is 4.90 Å². The highest BCUT2D eigenvalue weighted by molar-refractivity contribution is 9.26. The molecule has 604 valence electrons. The van der Waals surface area contributed by atoms with E-state index in [0.29, 0.717) is 95.5 Å². The second-order valence-electron chi connectivity index (χ2n) is 21.2. The molecule has 26 heteroatoms. The number of rotatable bonds is 28. The predicted octanol–water partition coefficient (Wildman–Crippen LogP) is 6.93. The lowest BCUT2D eigenvalue weighted by Crippen LogP contribution is -3.00. The fourth-order valence-electron chi connectivity index (χ4n) is 5.22. The molecule has 0 unspecified atom stereocenters. The fourth-order valence-corrected chi connectivity index (χ4v) is 12.0. The second-order valence-corrected chi connectivity index (χ2v) is 42.3. The SMILES string of the molecule is BrCCCBr.C#CC#CC#CC#CC#CC#CC#CC#CC#C[N+](C)(C)CCCP(=O)(O)O.C#CC#CC#CC#CC#CC#CC#CC#CC#C[N+](C)(C)CCCP(=O)(OCC)OCC.CC#CC#CC#CC#CC#CC#CC#CC#CCN(C)C.CCOP(=O)(CCCBr)OCC.CCOP(OCC)OCC.C[Si](C)(C)Br.[Br-].[Br-]. The summed E-state index contributed by atoms with van der Waals surface area (Å²) < 4.78 is 71.8. The molecule has 0 rings (SSSR count). The Labute approximate surface area is 749 Å². The van der Waals surface area contributed by atoms with Crippen molar-refractivity contribution in [1.29, 1.82) is 0 Å². The van der Waals surface area contributed by atoms with Gasteiger partial charge in [-0.3, -0.25) is 27.6 Å². The van der Waals surface area contributed by atoms with Crippen LogP contribution in [-0.2, 0) is 45.4 Å². The normalized spacial score (nSPS) is 8.20. The van der Waals surface area contributed by atoms with Crippen LogP contribution in [0, 0.1) is 309 Å². The Kier molecular flexibility index (Phi) is 104. The number of nitrogens with zero attached hydrogens (tertiary/aromatic N) is 3. The van der Waals surface area contributed by atoms with Crippen molar-refractivity contribution in [2.24, 2.45) is 0 Å². The largest absolute Gasteiger partial charge is 1.00 e. The van der Waals surface area contributed by atoms with Crippen LogP contribution in [-0.4, -0.2) is 173 Å². The van der Waals surface area contributed by atoms with Gasteiger partial charge in [0, 0.05) is 112 Å². The summed E-state index contributed by atoms with van der Waals surface area (Å²) in [6.07, 6.45) is 13.6. The van der Waals surface area contributed by atoms with Gasteiger partial charge in [-0.15, -0.1) is 28.1 Å². The van der Waals surface area contributed by atoms with Crippen LogP contribution in [0.4, 0.5) is 0 Å². The highest BCUT2D eigenvalue weighted by Gasteiger charge is 2.25. The van der Waals surface area contributed by atoms with E-state index in [-0.39, 0.29) is 44.6 Å². The van der Waals surface area contributed by atoms with Crippen molar-refractivity contribution in [3.05, 3.63) is 0 Å². The summed E-state index contributed by atoms with van der Waals surface area (Å²) in [4.78, 5) is 19.6. The van der Waals surface area contributed by atoms with Crippen molar-refractivity contribution >= 4 is 101 Å². The van der Waals surface area contributed by atoms with Gasteiger partial charge >= 0.3 is 31.4 Å². The van der Waals surface area contributed by atoms with Crippen LogP contribution in [0.25, 0.3) is 0 Å². The molecule has 0 aromatic rings. The molecule has 2 N–H and O–H groups in total. The summed E-state index contributed by atoms with van der Waals surface area (Å²) in [5.41, 5.74) is 0. The standard InChI is InChI=1S/C27H23NO3P.C23H14NO3P.C20H11N.C7H16BrO3P.C6H15O3P.C3H6Br2.C3H9BrSi.2BrH/c1-6-9-10-11-12-13-14-15-16-17-18-19-20-21-22-23-25-28(4,5)26-24-27-32(29,30-7-2)31-8-3;1-4-5-6-7-8-9-10-11-12-13-14-15-16-17-18-19-21-24(2,3)22-20-23-28(25,26)27;1-4-5-6-7-8-9-10-11-12-13-14-15-16-17-18-19-20-21(2)3;1-3-10-12(9,11-4-2)7-5-6-8;1-4-7-10(8-5-2)9-6-3;4-2-1-3-5;1-5(2,3)4;;/h1H,7-8,24,26-27H2,2-5H3;1H,20,22-23H2,2-3H3,(H-,25,26,27);20H2,1-3H3;3-7H2,1-2H3;4-6H2,1-3H3;1-3H2;1-3H3;2*1H/q+1;;;;;;;;/p-1. The van der Waals surface area contributed by atoms with Crippen molar-refractivity contribution in [2.45, 2.75) is 101 Å². The van der Waals surface area contributed by atoms with E-state index in [1.165, 1.54) is 6.42 Å². The van der Waals surface area contributed by atoms with Crippen LogP contribution in [0.5, 0.6) is 0 Å². The lowest BCUT2D eigenvalue weighted by Gasteiger charge is -2.22. The lowest BCUT2D eigenvalue weighted by molar-refractivity contribution is -0.822. The highest BCUT2D eigenvalue weighted by Crippen LogP contribution is 2.49. The minimum atomic E-state index is -3.97. The van der Waals surface area contributed by atoms with Gasteiger partial charge in [0.05, 0.1) is 124 Å². The Hall–Kier alpha value is -7.70. The van der Waals surface area contributed by atoms with Crippen LogP contribution in [0.1, 0.15) is 81.1 Å². The van der Waals surface area contributed by atoms with Gasteiger partial charge in [0.15, 0.2) is 12.1 Å². The minimum absolute atomic E-state index is 0. The van der Waals surface area contributed by atoms with Gasteiger partial charge in [-0.25, -0.2) is 0 Å². The molecule has 0 amide bonds. The van der Waals surface area contributed by atoms with Gasteiger partial charge in [-0.05, 0) is 260 Å². The monoisotopic (exact) mass is 2020 g/mol. The molecule has 115 heavy (non-hydrogen) atoms. The maximum absolute atomic E-state index is 12.5. The quantitative estimate of drug-likeness (QED) is 0.0208. The molecule has 0 atom stereocenters. The third kappa shape index (κ3) is 125. The van der Waals surface area contributed by atoms with Crippen LogP contribution in [0.3, 0.4) is 0 Å². The first-order chi connectivity index (χ1) is 53.9. The molecule has 0 radical (unpaired) electrons. The van der Waals surface area contributed by atoms with Crippen LogP contribution in [0.2, 0.25) is 19.6 Å². The van der Waals surface area contributed by atoms with E-state index in [1.54, 1.807) is 20.8 Å². The van der Waals surface area contributed by atoms with Gasteiger partial charge in [0.2, 0.25) is 0 Å². The first-order valence-electron chi connectivity index (χ1n) is 33.9. The van der Waals surface area contributed by atoms with Gasteiger partial charge in [0.1, 0.15) is 6.69 Å². The topological polar surface area (TPSA) is 160 Å². The summed E-state index contributed by atoms with van der Waals surface area (Å²) in [6, 6.07) is 5.91. The number of hydrogen-bond acceptors (Lipinski definition) is 11. The van der Waals surface area contributed by atoms with Crippen LogP contribution >= 0.6 is 94.5 Å². The Morgan fingerprint density at radius 2 is 0.600 bits per heavy atom. The molecular formula is C89H95Br6N3O12P4Si. The molecule has 0 aliphatic rings. The molecule has 0 aliphatic carbocycles. The van der Waals surface area contributed by atoms with E-state index in [2.05, 4.69) is 379 Å². The van der Waals surface area contributed by atoms with E-state index in [4.69, 9.17) is 54.3 Å². The van der Waals surface area contributed by atoms with E-state index >= 15 is 0 Å². The maximum Gasteiger partial charge on any atom is 0.332 e. The lowest BCUT2D eigenvalue weighted by atomic mass is 10.4. The van der Waals surface area contributed by atoms with Crippen LogP contribution in [0.15, 0.2) is 0 Å². The first kappa shape index (κ1) is 125. The first-order valence-corrected chi connectivity index (χ1v) is 49.4. The molecule has 0 aromatic heterocycles. The number of terminal acetylenes is 2. The number of quaternary nitrogens is 2. The average molecular weight is 2030 g/mol. The molecule has 0 spiro atoms. The molecule has 15 nitrogen and oxygen atoms in total. The predicted molar refractivity (Wildman–Crippen MR) is 485 cm³/mol. The fraction of sp³-hybridized carbons (Fsp3) is 0.416. The zero-order chi connectivity index (χ0) is 86.6. The molecule has 0 aromatic carbocycles. The summed E-state index contributed by atoms with van der Waals surface area (Å²) in [5.74, 6) is 121. The van der Waals surface area contributed by atoms with Crippen molar-refractivity contribution in [2.75, 3.05) is 143 Å². The molecule has 0 heterocycles. The van der Waals surface area contributed by atoms with Crippen molar-refractivity contribution < 1.29 is 98.1 Å². The molecular weight excluding hydrogens is 1930 g/mol. The highest BCUT2D eigenvalue weighted by atomic mass is 79.9.